The van der Waals surface area contributed by atoms with Crippen LogP contribution < -0.4 is 10.9 Å². The number of carbonyl (C=O) groups is 1. The van der Waals surface area contributed by atoms with Crippen molar-refractivity contribution in [3.8, 4) is 0 Å². The molecule has 7 heteroatoms. The number of pyridine rings is 1. The van der Waals surface area contributed by atoms with Crippen LogP contribution in [0.4, 0.5) is 0 Å². The number of fused-ring (bicyclic) bond motifs is 2. The van der Waals surface area contributed by atoms with Gasteiger partial charge in [0.15, 0.2) is 0 Å². The van der Waals surface area contributed by atoms with Crippen LogP contribution in [0, 0.1) is 0 Å². The summed E-state index contributed by atoms with van der Waals surface area (Å²) >= 11 is 1.63. The topological polar surface area (TPSA) is 74.4 Å². The van der Waals surface area contributed by atoms with E-state index in [9.17, 15) is 9.59 Å². The quantitative estimate of drug-likeness (QED) is 0.828. The van der Waals surface area contributed by atoms with E-state index in [0.717, 1.165) is 68.8 Å². The first-order valence-corrected chi connectivity index (χ1v) is 10.9. The first-order valence-electron chi connectivity index (χ1n) is 10.1. The van der Waals surface area contributed by atoms with Crippen LogP contribution in [0.5, 0.6) is 0 Å². The second-order valence-electron chi connectivity index (χ2n) is 8.14. The Hall–Kier alpha value is -1.96. The van der Waals surface area contributed by atoms with Gasteiger partial charge in [0.25, 0.3) is 5.91 Å². The molecule has 1 spiro atoms. The standard InChI is InChI=1S/C21H25N3O3S/c25-18-4-1-14(12-22-18)13-24-8-6-21(7-9-24)19-15(5-10-27-21)11-17(28-19)20(26)23-16-2-3-16/h1,4,11-12,16H,2-3,5-10,13H2,(H,22,25)(H,23,26). The van der Waals surface area contributed by atoms with Crippen LogP contribution in [0.1, 0.15) is 51.4 Å². The van der Waals surface area contributed by atoms with E-state index in [0.29, 0.717) is 6.04 Å². The van der Waals surface area contributed by atoms with Crippen molar-refractivity contribution in [3.63, 3.8) is 0 Å². The van der Waals surface area contributed by atoms with Gasteiger partial charge in [-0.3, -0.25) is 14.5 Å². The first kappa shape index (κ1) is 18.1. The van der Waals surface area contributed by atoms with Crippen LogP contribution in [-0.4, -0.2) is 41.5 Å². The molecule has 0 bridgehead atoms. The summed E-state index contributed by atoms with van der Waals surface area (Å²) in [5, 5.41) is 3.11. The van der Waals surface area contributed by atoms with Gasteiger partial charge in [0.05, 0.1) is 11.5 Å². The number of hydrogen-bond acceptors (Lipinski definition) is 5. The molecule has 2 aromatic heterocycles. The van der Waals surface area contributed by atoms with E-state index in [1.807, 2.05) is 6.07 Å². The van der Waals surface area contributed by atoms with Gasteiger partial charge >= 0.3 is 0 Å². The van der Waals surface area contributed by atoms with Gasteiger partial charge in [-0.05, 0) is 49.3 Å². The molecule has 1 aliphatic carbocycles. The molecule has 148 valence electrons. The largest absolute Gasteiger partial charge is 0.369 e. The fourth-order valence-corrected chi connectivity index (χ4v) is 5.57. The van der Waals surface area contributed by atoms with Crippen molar-refractivity contribution in [2.75, 3.05) is 19.7 Å². The summed E-state index contributed by atoms with van der Waals surface area (Å²) < 4.78 is 6.34. The minimum atomic E-state index is -0.238. The van der Waals surface area contributed by atoms with Crippen molar-refractivity contribution >= 4 is 17.2 Å². The van der Waals surface area contributed by atoms with E-state index < -0.39 is 0 Å². The lowest BCUT2D eigenvalue weighted by molar-refractivity contribution is -0.0960. The Morgan fingerprint density at radius 2 is 2.14 bits per heavy atom. The molecule has 5 rings (SSSR count). The minimum Gasteiger partial charge on any atom is -0.369 e. The van der Waals surface area contributed by atoms with Crippen molar-refractivity contribution in [1.29, 1.82) is 0 Å². The summed E-state index contributed by atoms with van der Waals surface area (Å²) in [4.78, 5) is 31.0. The normalized spacial score (nSPS) is 21.4. The van der Waals surface area contributed by atoms with E-state index in [2.05, 4.69) is 21.3 Å². The fourth-order valence-electron chi connectivity index (χ4n) is 4.26. The van der Waals surface area contributed by atoms with E-state index in [-0.39, 0.29) is 17.1 Å². The number of nitrogens with zero attached hydrogens (tertiary/aromatic N) is 1. The average molecular weight is 400 g/mol. The Labute approximate surface area is 167 Å². The summed E-state index contributed by atoms with van der Waals surface area (Å²) in [7, 11) is 0. The van der Waals surface area contributed by atoms with Crippen molar-refractivity contribution in [1.82, 2.24) is 15.2 Å². The van der Waals surface area contributed by atoms with Gasteiger partial charge in [-0.2, -0.15) is 0 Å². The Bertz CT molecular complexity index is 918. The number of rotatable bonds is 4. The van der Waals surface area contributed by atoms with Crippen LogP contribution in [0.15, 0.2) is 29.2 Å². The lowest BCUT2D eigenvalue weighted by atomic mass is 9.85. The van der Waals surface area contributed by atoms with E-state index >= 15 is 0 Å². The molecular weight excluding hydrogens is 374 g/mol. The van der Waals surface area contributed by atoms with Crippen LogP contribution >= 0.6 is 11.3 Å². The number of aromatic amines is 1. The number of thiophene rings is 1. The SMILES string of the molecule is O=C(NC1CC1)c1cc2c(s1)C1(CCN(Cc3ccc(=O)[nH]c3)CC1)OCC2. The number of carbonyl (C=O) groups excluding carboxylic acids is 1. The van der Waals surface area contributed by atoms with Gasteiger partial charge < -0.3 is 15.0 Å². The summed E-state index contributed by atoms with van der Waals surface area (Å²) in [6.45, 7) is 3.45. The summed E-state index contributed by atoms with van der Waals surface area (Å²) in [6.07, 6.45) is 6.78. The van der Waals surface area contributed by atoms with E-state index in [4.69, 9.17) is 4.74 Å². The van der Waals surface area contributed by atoms with Gasteiger partial charge in [-0.25, -0.2) is 0 Å². The summed E-state index contributed by atoms with van der Waals surface area (Å²) in [5.74, 6) is 0.0764. The second-order valence-corrected chi connectivity index (χ2v) is 9.20. The number of piperidine rings is 1. The van der Waals surface area contributed by atoms with Crippen molar-refractivity contribution in [2.24, 2.45) is 0 Å². The number of aromatic nitrogens is 1. The molecular formula is C21H25N3O3S. The number of likely N-dealkylation sites (tertiary alicyclic amines) is 1. The molecule has 2 fully saturated rings. The lowest BCUT2D eigenvalue weighted by Gasteiger charge is -2.43. The Morgan fingerprint density at radius 1 is 1.32 bits per heavy atom. The number of ether oxygens (including phenoxy) is 1. The molecule has 0 atom stereocenters. The lowest BCUT2D eigenvalue weighted by Crippen LogP contribution is -2.45. The number of nitrogens with one attached hydrogen (secondary N) is 2. The fraction of sp³-hybridized carbons (Fsp3) is 0.524. The molecule has 1 amide bonds. The van der Waals surface area contributed by atoms with Gasteiger partial charge in [-0.1, -0.05) is 6.07 Å². The van der Waals surface area contributed by atoms with Crippen molar-refractivity contribution < 1.29 is 9.53 Å². The van der Waals surface area contributed by atoms with Crippen molar-refractivity contribution in [3.05, 3.63) is 55.6 Å². The van der Waals surface area contributed by atoms with E-state index in [1.165, 1.54) is 10.4 Å². The zero-order chi connectivity index (χ0) is 19.1. The summed E-state index contributed by atoms with van der Waals surface area (Å²) in [5.41, 5.74) is 2.11. The maximum Gasteiger partial charge on any atom is 0.261 e. The predicted octanol–water partition coefficient (Wildman–Crippen LogP) is 2.39. The third-order valence-electron chi connectivity index (χ3n) is 6.03. The maximum absolute atomic E-state index is 12.5. The van der Waals surface area contributed by atoms with Crippen LogP contribution in [0.25, 0.3) is 0 Å². The second kappa shape index (κ2) is 7.13. The highest BCUT2D eigenvalue weighted by Crippen LogP contribution is 2.45. The molecule has 28 heavy (non-hydrogen) atoms. The molecule has 6 nitrogen and oxygen atoms in total. The molecule has 4 heterocycles. The average Bonchev–Trinajstić information content (AvgIpc) is 3.40. The third kappa shape index (κ3) is 3.54. The molecule has 2 aromatic rings. The first-order chi connectivity index (χ1) is 13.6. The molecule has 2 aliphatic heterocycles. The van der Waals surface area contributed by atoms with Crippen LogP contribution in [-0.2, 0) is 23.3 Å². The highest BCUT2D eigenvalue weighted by Gasteiger charge is 2.42. The highest BCUT2D eigenvalue weighted by molar-refractivity contribution is 7.14. The third-order valence-corrected chi connectivity index (χ3v) is 7.39. The Balaban J connectivity index is 1.29. The minimum absolute atomic E-state index is 0.0660. The zero-order valence-corrected chi connectivity index (χ0v) is 16.6. The number of amides is 1. The molecule has 1 saturated carbocycles. The number of H-pyrrole nitrogens is 1. The molecule has 3 aliphatic rings. The molecule has 1 saturated heterocycles. The molecule has 2 N–H and O–H groups in total. The highest BCUT2D eigenvalue weighted by atomic mass is 32.1. The monoisotopic (exact) mass is 399 g/mol. The zero-order valence-electron chi connectivity index (χ0n) is 15.8. The van der Waals surface area contributed by atoms with Gasteiger partial charge in [-0.15, -0.1) is 11.3 Å². The predicted molar refractivity (Wildman–Crippen MR) is 108 cm³/mol. The van der Waals surface area contributed by atoms with Gasteiger partial charge in [0.1, 0.15) is 5.60 Å². The van der Waals surface area contributed by atoms with Crippen molar-refractivity contribution in [2.45, 2.75) is 50.3 Å². The summed E-state index contributed by atoms with van der Waals surface area (Å²) in [6, 6.07) is 5.95. The van der Waals surface area contributed by atoms with Crippen LogP contribution in [0.3, 0.4) is 0 Å². The molecule has 0 radical (unpaired) electrons. The van der Waals surface area contributed by atoms with E-state index in [1.54, 1.807) is 23.6 Å². The Morgan fingerprint density at radius 3 is 2.86 bits per heavy atom. The van der Waals surface area contributed by atoms with Gasteiger partial charge in [0, 0.05) is 42.8 Å². The smallest absolute Gasteiger partial charge is 0.261 e. The van der Waals surface area contributed by atoms with Gasteiger partial charge in [0.2, 0.25) is 5.56 Å². The number of hydrogen-bond donors (Lipinski definition) is 2. The molecule has 0 unspecified atom stereocenters. The maximum atomic E-state index is 12.5. The van der Waals surface area contributed by atoms with Crippen LogP contribution in [0.2, 0.25) is 0 Å². The Kier molecular flexibility index (Phi) is 4.61. The molecule has 0 aromatic carbocycles.